The molecule has 100 valence electrons. The number of nitrogens with zero attached hydrogens (tertiary/aromatic N) is 4. The van der Waals surface area contributed by atoms with Gasteiger partial charge in [-0.1, -0.05) is 5.16 Å². The van der Waals surface area contributed by atoms with Crippen LogP contribution < -0.4 is 5.73 Å². The average molecular weight is 271 g/mol. The molecule has 0 spiro atoms. The molecule has 3 N–H and O–H groups in total. The topological polar surface area (TPSA) is 89.3 Å². The zero-order valence-corrected chi connectivity index (χ0v) is 9.33. The van der Waals surface area contributed by atoms with Crippen LogP contribution in [0.1, 0.15) is 11.3 Å². The van der Waals surface area contributed by atoms with Gasteiger partial charge in [-0.05, 0) is 12.1 Å². The predicted octanol–water partition coefficient (Wildman–Crippen LogP) is 1.38. The highest BCUT2D eigenvalue weighted by Gasteiger charge is 2.32. The summed E-state index contributed by atoms with van der Waals surface area (Å²) in [4.78, 5) is 3.84. The summed E-state index contributed by atoms with van der Waals surface area (Å²) in [5.74, 6) is -0.192. The highest BCUT2D eigenvalue weighted by Crippen LogP contribution is 2.28. The quantitative estimate of drug-likeness (QED) is 0.374. The van der Waals surface area contributed by atoms with Gasteiger partial charge in [-0.25, -0.2) is 4.68 Å². The Morgan fingerprint density at radius 3 is 2.53 bits per heavy atom. The lowest BCUT2D eigenvalue weighted by molar-refractivity contribution is -0.137. The minimum Gasteiger partial charge on any atom is -0.409 e. The minimum absolute atomic E-state index is 0.192. The van der Waals surface area contributed by atoms with Crippen LogP contribution in [0, 0.1) is 0 Å². The molecule has 9 heteroatoms. The zero-order valence-electron chi connectivity index (χ0n) is 9.33. The summed E-state index contributed by atoms with van der Waals surface area (Å²) in [5.41, 5.74) is 4.98. The van der Waals surface area contributed by atoms with Gasteiger partial charge in [0.25, 0.3) is 0 Å². The Morgan fingerprint density at radius 2 is 2.05 bits per heavy atom. The number of halogens is 3. The smallest absolute Gasteiger partial charge is 0.409 e. The van der Waals surface area contributed by atoms with Crippen LogP contribution in [0.5, 0.6) is 0 Å². The third-order valence-electron chi connectivity index (χ3n) is 2.29. The molecule has 2 aromatic heterocycles. The fourth-order valence-electron chi connectivity index (χ4n) is 1.33. The van der Waals surface area contributed by atoms with Gasteiger partial charge in [0.2, 0.25) is 0 Å². The SMILES string of the molecule is N/C(=N/O)c1ccc(-n2cc(C(F)(F)F)cn2)cn1. The fraction of sp³-hybridized carbons (Fsp3) is 0.100. The maximum atomic E-state index is 12.4. The molecule has 0 aliphatic carbocycles. The van der Waals surface area contributed by atoms with Gasteiger partial charge in [0, 0.05) is 6.20 Å². The Balaban J connectivity index is 2.30. The summed E-state index contributed by atoms with van der Waals surface area (Å²) >= 11 is 0. The largest absolute Gasteiger partial charge is 0.419 e. The molecule has 0 aliphatic rings. The number of alkyl halides is 3. The molecular formula is C10H8F3N5O. The second kappa shape index (κ2) is 4.59. The van der Waals surface area contributed by atoms with E-state index in [-0.39, 0.29) is 11.5 Å². The summed E-state index contributed by atoms with van der Waals surface area (Å²) < 4.78 is 38.2. The van der Waals surface area contributed by atoms with E-state index in [4.69, 9.17) is 10.9 Å². The van der Waals surface area contributed by atoms with Gasteiger partial charge < -0.3 is 10.9 Å². The molecule has 0 bridgehead atoms. The molecule has 19 heavy (non-hydrogen) atoms. The molecule has 2 heterocycles. The number of aromatic nitrogens is 3. The first-order chi connectivity index (χ1) is 8.91. The molecule has 0 aromatic carbocycles. The Labute approximate surface area is 105 Å². The predicted molar refractivity (Wildman–Crippen MR) is 58.9 cm³/mol. The number of nitrogens with two attached hydrogens (primary N) is 1. The van der Waals surface area contributed by atoms with E-state index < -0.39 is 11.7 Å². The summed E-state index contributed by atoms with van der Waals surface area (Å²) in [5, 5.41) is 14.8. The van der Waals surface area contributed by atoms with Gasteiger partial charge >= 0.3 is 6.18 Å². The number of rotatable bonds is 2. The zero-order chi connectivity index (χ0) is 14.0. The second-order valence-electron chi connectivity index (χ2n) is 3.56. The van der Waals surface area contributed by atoms with Crippen molar-refractivity contribution in [1.29, 1.82) is 0 Å². The van der Waals surface area contributed by atoms with E-state index in [0.717, 1.165) is 17.1 Å². The van der Waals surface area contributed by atoms with E-state index in [2.05, 4.69) is 15.2 Å². The maximum Gasteiger partial charge on any atom is 0.419 e. The number of amidine groups is 1. The standard InChI is InChI=1S/C10H8F3N5O/c11-10(12,13)6-3-16-18(5-6)7-1-2-8(15-4-7)9(14)17-19/h1-5,19H,(H2,14,17). The second-order valence-corrected chi connectivity index (χ2v) is 3.56. The molecule has 0 saturated carbocycles. The maximum absolute atomic E-state index is 12.4. The van der Waals surface area contributed by atoms with Crippen LogP contribution >= 0.6 is 0 Å². The van der Waals surface area contributed by atoms with Gasteiger partial charge in [-0.3, -0.25) is 4.98 Å². The molecule has 0 radical (unpaired) electrons. The van der Waals surface area contributed by atoms with Crippen LogP contribution in [0.3, 0.4) is 0 Å². The van der Waals surface area contributed by atoms with E-state index in [1.54, 1.807) is 0 Å². The lowest BCUT2D eigenvalue weighted by Gasteiger charge is -2.03. The van der Waals surface area contributed by atoms with E-state index in [1.807, 2.05) is 0 Å². The van der Waals surface area contributed by atoms with E-state index in [0.29, 0.717) is 5.69 Å². The number of hydrogen-bond acceptors (Lipinski definition) is 4. The van der Waals surface area contributed by atoms with Crippen molar-refractivity contribution in [1.82, 2.24) is 14.8 Å². The number of hydrogen-bond donors (Lipinski definition) is 2. The Hall–Kier alpha value is -2.58. The van der Waals surface area contributed by atoms with E-state index in [9.17, 15) is 13.2 Å². The normalized spacial score (nSPS) is 12.7. The minimum atomic E-state index is -4.44. The Bertz CT molecular complexity index is 602. The highest BCUT2D eigenvalue weighted by molar-refractivity contribution is 5.95. The van der Waals surface area contributed by atoms with Gasteiger partial charge in [-0.2, -0.15) is 18.3 Å². The highest BCUT2D eigenvalue weighted by atomic mass is 19.4. The van der Waals surface area contributed by atoms with Gasteiger partial charge in [-0.15, -0.1) is 0 Å². The summed E-state index contributed by atoms with van der Waals surface area (Å²) in [6.07, 6.45) is -1.61. The first kappa shape index (κ1) is 12.9. The summed E-state index contributed by atoms with van der Waals surface area (Å²) in [7, 11) is 0. The summed E-state index contributed by atoms with van der Waals surface area (Å²) in [6, 6.07) is 2.85. The molecule has 0 saturated heterocycles. The van der Waals surface area contributed by atoms with Crippen LogP contribution in [-0.4, -0.2) is 25.8 Å². The van der Waals surface area contributed by atoms with Crippen molar-refractivity contribution in [2.75, 3.05) is 0 Å². The van der Waals surface area contributed by atoms with E-state index >= 15 is 0 Å². The molecule has 0 aliphatic heterocycles. The first-order valence-electron chi connectivity index (χ1n) is 4.98. The third kappa shape index (κ3) is 2.64. The van der Waals surface area contributed by atoms with Crippen molar-refractivity contribution in [3.8, 4) is 5.69 Å². The van der Waals surface area contributed by atoms with Crippen molar-refractivity contribution in [3.63, 3.8) is 0 Å². The van der Waals surface area contributed by atoms with Gasteiger partial charge in [0.15, 0.2) is 5.84 Å². The third-order valence-corrected chi connectivity index (χ3v) is 2.29. The Kier molecular flexibility index (Phi) is 3.11. The fourth-order valence-corrected chi connectivity index (χ4v) is 1.33. The molecule has 0 fully saturated rings. The number of oxime groups is 1. The average Bonchev–Trinajstić information content (AvgIpc) is 2.87. The van der Waals surface area contributed by atoms with Gasteiger partial charge in [0.1, 0.15) is 5.69 Å². The van der Waals surface area contributed by atoms with Gasteiger partial charge in [0.05, 0.1) is 23.6 Å². The molecule has 6 nitrogen and oxygen atoms in total. The van der Waals surface area contributed by atoms with Crippen molar-refractivity contribution in [3.05, 3.63) is 42.0 Å². The molecule has 0 unspecified atom stereocenters. The molecule has 2 aromatic rings. The van der Waals surface area contributed by atoms with Crippen LogP contribution in [0.25, 0.3) is 5.69 Å². The van der Waals surface area contributed by atoms with E-state index in [1.165, 1.54) is 18.3 Å². The van der Waals surface area contributed by atoms with Crippen molar-refractivity contribution in [2.45, 2.75) is 6.18 Å². The summed E-state index contributed by atoms with van der Waals surface area (Å²) in [6.45, 7) is 0. The monoisotopic (exact) mass is 271 g/mol. The van der Waals surface area contributed by atoms with Crippen molar-refractivity contribution >= 4 is 5.84 Å². The molecule has 0 atom stereocenters. The Morgan fingerprint density at radius 1 is 1.32 bits per heavy atom. The lowest BCUT2D eigenvalue weighted by Crippen LogP contribution is -2.15. The molecule has 2 rings (SSSR count). The van der Waals surface area contributed by atoms with Crippen LogP contribution in [0.15, 0.2) is 35.9 Å². The van der Waals surface area contributed by atoms with Crippen molar-refractivity contribution in [2.24, 2.45) is 10.9 Å². The number of pyridine rings is 1. The lowest BCUT2D eigenvalue weighted by atomic mass is 10.3. The molecular weight excluding hydrogens is 263 g/mol. The van der Waals surface area contributed by atoms with Crippen LogP contribution in [0.2, 0.25) is 0 Å². The first-order valence-corrected chi connectivity index (χ1v) is 4.98. The molecule has 0 amide bonds. The van der Waals surface area contributed by atoms with Crippen LogP contribution in [0.4, 0.5) is 13.2 Å². The van der Waals surface area contributed by atoms with Crippen molar-refractivity contribution < 1.29 is 18.4 Å². The van der Waals surface area contributed by atoms with Crippen LogP contribution in [-0.2, 0) is 6.18 Å².